The van der Waals surface area contributed by atoms with Gasteiger partial charge in [0.25, 0.3) is 0 Å². The molecule has 0 amide bonds. The second kappa shape index (κ2) is 6.24. The van der Waals surface area contributed by atoms with Crippen molar-refractivity contribution in [1.29, 1.82) is 0 Å². The van der Waals surface area contributed by atoms with E-state index in [0.717, 1.165) is 25.2 Å². The molecule has 2 N–H and O–H groups in total. The molecule has 0 heterocycles. The van der Waals surface area contributed by atoms with E-state index in [0.29, 0.717) is 12.0 Å². The second-order valence-corrected chi connectivity index (χ2v) is 5.47. The number of nitrogens with one attached hydrogen (secondary N) is 1. The van der Waals surface area contributed by atoms with Gasteiger partial charge in [0.05, 0.1) is 0 Å². The fourth-order valence-electron chi connectivity index (χ4n) is 2.59. The lowest BCUT2D eigenvalue weighted by Gasteiger charge is -2.21. The predicted molar refractivity (Wildman–Crippen MR) is 65.4 cm³/mol. The van der Waals surface area contributed by atoms with Crippen molar-refractivity contribution < 1.29 is 9.90 Å². The standard InChI is InChI=1S/C13H25NO2/c1-4-10-5-6-11(8-10)14-12(13(15)16)7-9(2)3/h9-12,14H,4-8H2,1-3H3,(H,15,16). The third kappa shape index (κ3) is 4.12. The SMILES string of the molecule is CCC1CCC(NC(CC(C)C)C(=O)O)C1. The smallest absolute Gasteiger partial charge is 0.320 e. The first-order valence-electron chi connectivity index (χ1n) is 6.51. The van der Waals surface area contributed by atoms with Gasteiger partial charge in [-0.3, -0.25) is 4.79 Å². The minimum atomic E-state index is -0.700. The van der Waals surface area contributed by atoms with Crippen LogP contribution in [0.4, 0.5) is 0 Å². The summed E-state index contributed by atoms with van der Waals surface area (Å²) in [6.45, 7) is 6.36. The molecule has 0 spiro atoms. The van der Waals surface area contributed by atoms with Crippen LogP contribution in [0.5, 0.6) is 0 Å². The van der Waals surface area contributed by atoms with Gasteiger partial charge in [-0.15, -0.1) is 0 Å². The number of hydrogen-bond acceptors (Lipinski definition) is 2. The molecule has 3 unspecified atom stereocenters. The summed E-state index contributed by atoms with van der Waals surface area (Å²) < 4.78 is 0. The monoisotopic (exact) mass is 227 g/mol. The van der Waals surface area contributed by atoms with Gasteiger partial charge in [-0.25, -0.2) is 0 Å². The van der Waals surface area contributed by atoms with Crippen LogP contribution in [-0.4, -0.2) is 23.2 Å². The average Bonchev–Trinajstić information content (AvgIpc) is 2.63. The molecule has 1 aliphatic rings. The molecule has 1 aliphatic carbocycles. The highest BCUT2D eigenvalue weighted by Gasteiger charge is 2.28. The van der Waals surface area contributed by atoms with E-state index in [2.05, 4.69) is 26.1 Å². The molecular formula is C13H25NO2. The zero-order chi connectivity index (χ0) is 12.1. The Morgan fingerprint density at radius 1 is 1.44 bits per heavy atom. The van der Waals surface area contributed by atoms with Crippen molar-refractivity contribution in [2.45, 2.75) is 65.0 Å². The topological polar surface area (TPSA) is 49.3 Å². The molecule has 3 atom stereocenters. The molecule has 3 heteroatoms. The average molecular weight is 227 g/mol. The highest BCUT2D eigenvalue weighted by molar-refractivity contribution is 5.73. The summed E-state index contributed by atoms with van der Waals surface area (Å²) in [5, 5.41) is 12.5. The zero-order valence-corrected chi connectivity index (χ0v) is 10.7. The van der Waals surface area contributed by atoms with Gasteiger partial charge in [0, 0.05) is 6.04 Å². The molecule has 1 saturated carbocycles. The Kier molecular flexibility index (Phi) is 5.26. The molecule has 1 fully saturated rings. The van der Waals surface area contributed by atoms with Crippen LogP contribution in [0, 0.1) is 11.8 Å². The third-order valence-electron chi connectivity index (χ3n) is 3.56. The number of carbonyl (C=O) groups is 1. The molecular weight excluding hydrogens is 202 g/mol. The molecule has 0 aromatic rings. The molecule has 16 heavy (non-hydrogen) atoms. The summed E-state index contributed by atoms with van der Waals surface area (Å²) in [7, 11) is 0. The van der Waals surface area contributed by atoms with E-state index >= 15 is 0 Å². The van der Waals surface area contributed by atoms with Crippen LogP contribution >= 0.6 is 0 Å². The highest BCUT2D eigenvalue weighted by atomic mass is 16.4. The van der Waals surface area contributed by atoms with E-state index in [1.165, 1.54) is 12.8 Å². The predicted octanol–water partition coefficient (Wildman–Crippen LogP) is 2.65. The maximum absolute atomic E-state index is 11.1. The maximum atomic E-state index is 11.1. The molecule has 0 aliphatic heterocycles. The van der Waals surface area contributed by atoms with Crippen LogP contribution in [0.25, 0.3) is 0 Å². The number of carboxylic acid groups (broad SMARTS) is 1. The van der Waals surface area contributed by atoms with Gasteiger partial charge in [0.1, 0.15) is 6.04 Å². The van der Waals surface area contributed by atoms with E-state index in [1.54, 1.807) is 0 Å². The van der Waals surface area contributed by atoms with Gasteiger partial charge < -0.3 is 10.4 Å². The number of hydrogen-bond donors (Lipinski definition) is 2. The molecule has 0 bridgehead atoms. The quantitative estimate of drug-likeness (QED) is 0.733. The fraction of sp³-hybridized carbons (Fsp3) is 0.923. The lowest BCUT2D eigenvalue weighted by atomic mass is 10.0. The van der Waals surface area contributed by atoms with Crippen molar-refractivity contribution in [3.63, 3.8) is 0 Å². The van der Waals surface area contributed by atoms with E-state index in [4.69, 9.17) is 5.11 Å². The Labute approximate surface area is 98.6 Å². The van der Waals surface area contributed by atoms with Crippen molar-refractivity contribution in [3.8, 4) is 0 Å². The summed E-state index contributed by atoms with van der Waals surface area (Å²) in [5.74, 6) is 0.525. The summed E-state index contributed by atoms with van der Waals surface area (Å²) >= 11 is 0. The normalized spacial score (nSPS) is 27.2. The van der Waals surface area contributed by atoms with Gasteiger partial charge in [-0.2, -0.15) is 0 Å². The van der Waals surface area contributed by atoms with E-state index in [-0.39, 0.29) is 6.04 Å². The first-order chi connectivity index (χ1) is 7.52. The van der Waals surface area contributed by atoms with Crippen LogP contribution < -0.4 is 5.32 Å². The van der Waals surface area contributed by atoms with E-state index < -0.39 is 5.97 Å². The van der Waals surface area contributed by atoms with Crippen LogP contribution in [0.3, 0.4) is 0 Å². The van der Waals surface area contributed by atoms with Gasteiger partial charge in [-0.05, 0) is 37.5 Å². The summed E-state index contributed by atoms with van der Waals surface area (Å²) in [4.78, 5) is 11.1. The van der Waals surface area contributed by atoms with Crippen LogP contribution in [-0.2, 0) is 4.79 Å². The molecule has 0 aromatic carbocycles. The Hall–Kier alpha value is -0.570. The van der Waals surface area contributed by atoms with Gasteiger partial charge in [0.2, 0.25) is 0 Å². The van der Waals surface area contributed by atoms with Crippen LogP contribution in [0.1, 0.15) is 52.9 Å². The minimum absolute atomic E-state index is 0.361. The Morgan fingerprint density at radius 3 is 2.56 bits per heavy atom. The van der Waals surface area contributed by atoms with Gasteiger partial charge >= 0.3 is 5.97 Å². The van der Waals surface area contributed by atoms with Gasteiger partial charge in [0.15, 0.2) is 0 Å². The van der Waals surface area contributed by atoms with Gasteiger partial charge in [-0.1, -0.05) is 27.2 Å². The molecule has 0 radical (unpaired) electrons. The Bertz CT molecular complexity index is 228. The largest absolute Gasteiger partial charge is 0.480 e. The maximum Gasteiger partial charge on any atom is 0.320 e. The molecule has 0 aromatic heterocycles. The first kappa shape index (κ1) is 13.5. The summed E-state index contributed by atoms with van der Waals surface area (Å²) in [6, 6.07) is 0.0606. The third-order valence-corrected chi connectivity index (χ3v) is 3.56. The van der Waals surface area contributed by atoms with Crippen molar-refractivity contribution in [2.75, 3.05) is 0 Å². The van der Waals surface area contributed by atoms with Crippen LogP contribution in [0.2, 0.25) is 0 Å². The Morgan fingerprint density at radius 2 is 2.12 bits per heavy atom. The highest BCUT2D eigenvalue weighted by Crippen LogP contribution is 2.28. The van der Waals surface area contributed by atoms with Crippen molar-refractivity contribution in [1.82, 2.24) is 5.32 Å². The minimum Gasteiger partial charge on any atom is -0.480 e. The molecule has 3 nitrogen and oxygen atoms in total. The van der Waals surface area contributed by atoms with Crippen LogP contribution in [0.15, 0.2) is 0 Å². The zero-order valence-electron chi connectivity index (χ0n) is 10.7. The number of aliphatic carboxylic acids is 1. The van der Waals surface area contributed by atoms with Crippen molar-refractivity contribution in [2.24, 2.45) is 11.8 Å². The molecule has 1 rings (SSSR count). The molecule has 94 valence electrons. The Balaban J connectivity index is 2.40. The first-order valence-corrected chi connectivity index (χ1v) is 6.51. The van der Waals surface area contributed by atoms with Crippen molar-refractivity contribution >= 4 is 5.97 Å². The second-order valence-electron chi connectivity index (χ2n) is 5.47. The van der Waals surface area contributed by atoms with E-state index in [1.807, 2.05) is 0 Å². The lowest BCUT2D eigenvalue weighted by Crippen LogP contribution is -2.43. The summed E-state index contributed by atoms with van der Waals surface area (Å²) in [5.41, 5.74) is 0. The van der Waals surface area contributed by atoms with E-state index in [9.17, 15) is 4.79 Å². The fourth-order valence-corrected chi connectivity index (χ4v) is 2.59. The lowest BCUT2D eigenvalue weighted by molar-refractivity contribution is -0.140. The number of rotatable bonds is 6. The number of carboxylic acids is 1. The van der Waals surface area contributed by atoms with Crippen molar-refractivity contribution in [3.05, 3.63) is 0 Å². The molecule has 0 saturated heterocycles. The summed E-state index contributed by atoms with van der Waals surface area (Å²) in [6.07, 6.45) is 5.49.